The standard InChI is InChI=1S/C16H11FN4O3/c17-12-3-1-2-4-13(12)21-15(23)11(14(22)20-16(21)24)9-19-10-5-7-18-8-6-10/h1-9,11H,(H,20,22,24)/t11-/m0/s1. The molecule has 2 heterocycles. The van der Waals surface area contributed by atoms with Crippen LogP contribution in [0.2, 0.25) is 0 Å². The molecule has 1 saturated heterocycles. The van der Waals surface area contributed by atoms with Crippen molar-refractivity contribution in [2.75, 3.05) is 4.90 Å². The van der Waals surface area contributed by atoms with Crippen molar-refractivity contribution in [3.8, 4) is 0 Å². The molecule has 1 aromatic carbocycles. The molecule has 24 heavy (non-hydrogen) atoms. The first-order valence-corrected chi connectivity index (χ1v) is 6.95. The Bertz CT molecular complexity index is 838. The van der Waals surface area contributed by atoms with Crippen LogP contribution in [-0.4, -0.2) is 29.0 Å². The Labute approximate surface area is 135 Å². The monoisotopic (exact) mass is 326 g/mol. The first-order chi connectivity index (χ1) is 11.6. The lowest BCUT2D eigenvalue weighted by atomic mass is 10.1. The number of aromatic nitrogens is 1. The number of rotatable bonds is 3. The van der Waals surface area contributed by atoms with E-state index in [1.165, 1.54) is 30.6 Å². The molecule has 0 radical (unpaired) electrons. The van der Waals surface area contributed by atoms with Gasteiger partial charge in [-0.1, -0.05) is 12.1 Å². The van der Waals surface area contributed by atoms with Crippen LogP contribution >= 0.6 is 0 Å². The summed E-state index contributed by atoms with van der Waals surface area (Å²) in [7, 11) is 0. The SMILES string of the molecule is O=C1NC(=O)N(c2ccccc2F)C(=O)[C@H]1C=Nc1ccncc1. The summed E-state index contributed by atoms with van der Waals surface area (Å²) >= 11 is 0. The van der Waals surface area contributed by atoms with Gasteiger partial charge < -0.3 is 0 Å². The zero-order valence-electron chi connectivity index (χ0n) is 12.2. The average Bonchev–Trinajstić information content (AvgIpc) is 2.57. The molecule has 120 valence electrons. The van der Waals surface area contributed by atoms with Gasteiger partial charge in [-0.3, -0.25) is 24.9 Å². The lowest BCUT2D eigenvalue weighted by molar-refractivity contribution is -0.131. The van der Waals surface area contributed by atoms with E-state index in [0.717, 1.165) is 12.3 Å². The zero-order chi connectivity index (χ0) is 17.1. The molecule has 1 aromatic heterocycles. The van der Waals surface area contributed by atoms with E-state index in [4.69, 9.17) is 0 Å². The van der Waals surface area contributed by atoms with Gasteiger partial charge in [0.1, 0.15) is 5.82 Å². The minimum Gasteiger partial charge on any atom is -0.276 e. The summed E-state index contributed by atoms with van der Waals surface area (Å²) in [5.41, 5.74) is 0.259. The van der Waals surface area contributed by atoms with Crippen molar-refractivity contribution in [3.63, 3.8) is 0 Å². The minimum atomic E-state index is -1.34. The minimum absolute atomic E-state index is 0.227. The summed E-state index contributed by atoms with van der Waals surface area (Å²) in [5.74, 6) is -3.77. The number of halogens is 1. The van der Waals surface area contributed by atoms with Crippen LogP contribution in [-0.2, 0) is 9.59 Å². The van der Waals surface area contributed by atoms with E-state index < -0.39 is 29.6 Å². The predicted octanol–water partition coefficient (Wildman–Crippen LogP) is 1.82. The number of aliphatic imine (C=N–C) groups is 1. The summed E-state index contributed by atoms with van der Waals surface area (Å²) in [5, 5.41) is 2.03. The van der Waals surface area contributed by atoms with Gasteiger partial charge in [0.2, 0.25) is 5.91 Å². The molecule has 8 heteroatoms. The maximum Gasteiger partial charge on any atom is 0.335 e. The number of urea groups is 1. The van der Waals surface area contributed by atoms with Crippen LogP contribution in [0.4, 0.5) is 20.6 Å². The summed E-state index contributed by atoms with van der Waals surface area (Å²) in [4.78, 5) is 44.8. The van der Waals surface area contributed by atoms with E-state index in [2.05, 4.69) is 9.98 Å². The Balaban J connectivity index is 1.92. The van der Waals surface area contributed by atoms with Crippen molar-refractivity contribution < 1.29 is 18.8 Å². The number of barbiturate groups is 1. The molecule has 4 amide bonds. The Hall–Kier alpha value is -3.42. The lowest BCUT2D eigenvalue weighted by Gasteiger charge is -2.28. The second kappa shape index (κ2) is 6.37. The van der Waals surface area contributed by atoms with Crippen LogP contribution in [0.1, 0.15) is 0 Å². The van der Waals surface area contributed by atoms with Gasteiger partial charge in [0.25, 0.3) is 5.91 Å². The molecule has 0 spiro atoms. The molecule has 1 atom stereocenters. The number of imide groups is 2. The molecule has 1 fully saturated rings. The second-order valence-corrected chi connectivity index (χ2v) is 4.88. The van der Waals surface area contributed by atoms with Crippen molar-refractivity contribution in [1.82, 2.24) is 10.3 Å². The van der Waals surface area contributed by atoms with Gasteiger partial charge in [-0.05, 0) is 24.3 Å². The van der Waals surface area contributed by atoms with E-state index in [1.54, 1.807) is 12.1 Å². The van der Waals surface area contributed by atoms with Crippen molar-refractivity contribution in [1.29, 1.82) is 0 Å². The Morgan fingerprint density at radius 3 is 2.54 bits per heavy atom. The maximum absolute atomic E-state index is 13.9. The van der Waals surface area contributed by atoms with Gasteiger partial charge >= 0.3 is 6.03 Å². The van der Waals surface area contributed by atoms with Crippen molar-refractivity contribution in [2.24, 2.45) is 10.9 Å². The number of hydrogen-bond donors (Lipinski definition) is 1. The van der Waals surface area contributed by atoms with Crippen LogP contribution < -0.4 is 10.2 Å². The Morgan fingerprint density at radius 1 is 1.12 bits per heavy atom. The van der Waals surface area contributed by atoms with Crippen LogP contribution in [0.3, 0.4) is 0 Å². The number of carbonyl (C=O) groups excluding carboxylic acids is 3. The number of amides is 4. The number of carbonyl (C=O) groups is 3. The number of nitrogens with one attached hydrogen (secondary N) is 1. The first-order valence-electron chi connectivity index (χ1n) is 6.95. The maximum atomic E-state index is 13.9. The number of para-hydroxylation sites is 1. The molecule has 7 nitrogen and oxygen atoms in total. The fourth-order valence-corrected chi connectivity index (χ4v) is 2.17. The molecule has 3 rings (SSSR count). The summed E-state index contributed by atoms with van der Waals surface area (Å²) in [6.45, 7) is 0. The number of nitrogens with zero attached hydrogens (tertiary/aromatic N) is 3. The van der Waals surface area contributed by atoms with Crippen molar-refractivity contribution >= 4 is 35.4 Å². The topological polar surface area (TPSA) is 91.7 Å². The summed E-state index contributed by atoms with van der Waals surface area (Å²) < 4.78 is 13.9. The zero-order valence-corrected chi connectivity index (χ0v) is 12.2. The number of pyridine rings is 1. The average molecular weight is 326 g/mol. The van der Waals surface area contributed by atoms with Crippen molar-refractivity contribution in [3.05, 3.63) is 54.6 Å². The molecule has 0 saturated carbocycles. The lowest BCUT2D eigenvalue weighted by Crippen LogP contribution is -2.58. The third kappa shape index (κ3) is 2.89. The third-order valence-electron chi connectivity index (χ3n) is 3.33. The highest BCUT2D eigenvalue weighted by Crippen LogP contribution is 2.23. The first kappa shape index (κ1) is 15.5. The smallest absolute Gasteiger partial charge is 0.276 e. The van der Waals surface area contributed by atoms with Gasteiger partial charge in [-0.2, -0.15) is 0 Å². The van der Waals surface area contributed by atoms with E-state index in [1.807, 2.05) is 5.32 Å². The highest BCUT2D eigenvalue weighted by molar-refractivity contribution is 6.32. The van der Waals surface area contributed by atoms with Gasteiger partial charge in [-0.25, -0.2) is 14.1 Å². The number of hydrogen-bond acceptors (Lipinski definition) is 5. The van der Waals surface area contributed by atoms with E-state index in [0.29, 0.717) is 10.6 Å². The largest absolute Gasteiger partial charge is 0.335 e. The van der Waals surface area contributed by atoms with Crippen molar-refractivity contribution in [2.45, 2.75) is 0 Å². The van der Waals surface area contributed by atoms with Gasteiger partial charge in [0, 0.05) is 18.6 Å². The molecule has 1 N–H and O–H groups in total. The normalized spacial score (nSPS) is 18.1. The van der Waals surface area contributed by atoms with Gasteiger partial charge in [0.05, 0.1) is 11.4 Å². The molecule has 1 aliphatic heterocycles. The van der Waals surface area contributed by atoms with Crippen LogP contribution in [0.15, 0.2) is 53.8 Å². The third-order valence-corrected chi connectivity index (χ3v) is 3.33. The second-order valence-electron chi connectivity index (χ2n) is 4.88. The molecule has 0 aliphatic carbocycles. The van der Waals surface area contributed by atoms with Crippen LogP contribution in [0.25, 0.3) is 0 Å². The molecule has 0 unspecified atom stereocenters. The highest BCUT2D eigenvalue weighted by Gasteiger charge is 2.41. The molecule has 2 aromatic rings. The predicted molar refractivity (Wildman–Crippen MR) is 83.3 cm³/mol. The van der Waals surface area contributed by atoms with E-state index in [-0.39, 0.29) is 5.69 Å². The number of anilines is 1. The van der Waals surface area contributed by atoms with Gasteiger partial charge in [0.15, 0.2) is 5.92 Å². The van der Waals surface area contributed by atoms with E-state index >= 15 is 0 Å². The van der Waals surface area contributed by atoms with Crippen LogP contribution in [0.5, 0.6) is 0 Å². The Kier molecular flexibility index (Phi) is 4.11. The Morgan fingerprint density at radius 2 is 1.83 bits per heavy atom. The quantitative estimate of drug-likeness (QED) is 0.688. The molecular formula is C16H11FN4O3. The fourth-order valence-electron chi connectivity index (χ4n) is 2.17. The molecule has 1 aliphatic rings. The van der Waals surface area contributed by atoms with E-state index in [9.17, 15) is 18.8 Å². The highest BCUT2D eigenvalue weighted by atomic mass is 19.1. The molecule has 0 bridgehead atoms. The summed E-state index contributed by atoms with van der Waals surface area (Å²) in [6.07, 6.45) is 4.13. The fraction of sp³-hybridized carbons (Fsp3) is 0.0625. The number of benzene rings is 1. The summed E-state index contributed by atoms with van der Waals surface area (Å²) in [6, 6.07) is 7.48. The van der Waals surface area contributed by atoms with Crippen LogP contribution in [0, 0.1) is 11.7 Å². The van der Waals surface area contributed by atoms with Gasteiger partial charge in [-0.15, -0.1) is 0 Å². The molecular weight excluding hydrogens is 315 g/mol.